The summed E-state index contributed by atoms with van der Waals surface area (Å²) in [4.78, 5) is 13.1. The van der Waals surface area contributed by atoms with E-state index >= 15 is 0 Å². The number of hydrogen-bond acceptors (Lipinski definition) is 2. The van der Waals surface area contributed by atoms with E-state index in [0.29, 0.717) is 18.5 Å². The first-order chi connectivity index (χ1) is 9.70. The first kappa shape index (κ1) is 17.3. The minimum absolute atomic E-state index is 0.149. The number of benzene rings is 1. The van der Waals surface area contributed by atoms with Gasteiger partial charge in [-0.1, -0.05) is 12.1 Å². The highest BCUT2D eigenvalue weighted by Crippen LogP contribution is 2.28. The van der Waals surface area contributed by atoms with Crippen molar-refractivity contribution in [2.24, 2.45) is 0 Å². The molecule has 2 N–H and O–H groups in total. The van der Waals surface area contributed by atoms with Crippen LogP contribution in [-0.2, 0) is 12.7 Å². The van der Waals surface area contributed by atoms with E-state index in [4.69, 9.17) is 5.11 Å². The third-order valence-electron chi connectivity index (χ3n) is 2.95. The fourth-order valence-electron chi connectivity index (χ4n) is 1.61. The Morgan fingerprint density at radius 2 is 1.90 bits per heavy atom. The van der Waals surface area contributed by atoms with Crippen molar-refractivity contribution in [2.75, 3.05) is 13.6 Å². The number of amides is 2. The lowest BCUT2D eigenvalue weighted by atomic mass is 10.1. The van der Waals surface area contributed by atoms with Crippen LogP contribution in [0.3, 0.4) is 0 Å². The fraction of sp³-hybridized carbons (Fsp3) is 0.500. The molecule has 0 radical (unpaired) electrons. The maximum absolute atomic E-state index is 12.4. The van der Waals surface area contributed by atoms with Crippen molar-refractivity contribution in [2.45, 2.75) is 32.2 Å². The van der Waals surface area contributed by atoms with E-state index in [1.165, 1.54) is 17.0 Å². The van der Waals surface area contributed by atoms with Gasteiger partial charge in [0.1, 0.15) is 0 Å². The number of rotatable bonds is 5. The molecule has 0 heterocycles. The Morgan fingerprint density at radius 1 is 1.33 bits per heavy atom. The Kier molecular flexibility index (Phi) is 6.02. The van der Waals surface area contributed by atoms with Crippen LogP contribution in [0.2, 0.25) is 0 Å². The van der Waals surface area contributed by atoms with Crippen molar-refractivity contribution in [3.63, 3.8) is 0 Å². The van der Waals surface area contributed by atoms with Crippen LogP contribution < -0.4 is 5.32 Å². The minimum Gasteiger partial charge on any atom is -0.393 e. The zero-order chi connectivity index (χ0) is 16.0. The van der Waals surface area contributed by atoms with Crippen LogP contribution in [0, 0.1) is 0 Å². The van der Waals surface area contributed by atoms with Gasteiger partial charge in [0, 0.05) is 20.1 Å². The summed E-state index contributed by atoms with van der Waals surface area (Å²) in [6, 6.07) is 4.30. The molecule has 0 aliphatic carbocycles. The van der Waals surface area contributed by atoms with Crippen molar-refractivity contribution in [1.82, 2.24) is 10.2 Å². The Hall–Kier alpha value is -1.76. The van der Waals surface area contributed by atoms with Crippen LogP contribution in [0.15, 0.2) is 24.3 Å². The van der Waals surface area contributed by atoms with Crippen molar-refractivity contribution in [3.8, 4) is 0 Å². The minimum atomic E-state index is -4.36. The van der Waals surface area contributed by atoms with Crippen LogP contribution in [-0.4, -0.2) is 35.7 Å². The second-order valence-electron chi connectivity index (χ2n) is 4.91. The monoisotopic (exact) mass is 304 g/mol. The molecule has 0 bridgehead atoms. The molecule has 1 aromatic carbocycles. The van der Waals surface area contributed by atoms with Crippen molar-refractivity contribution < 1.29 is 23.1 Å². The first-order valence-electron chi connectivity index (χ1n) is 6.53. The van der Waals surface area contributed by atoms with E-state index in [9.17, 15) is 18.0 Å². The van der Waals surface area contributed by atoms with Gasteiger partial charge in [-0.2, -0.15) is 13.2 Å². The highest BCUT2D eigenvalue weighted by atomic mass is 19.4. The normalized spacial score (nSPS) is 12.9. The Labute approximate surface area is 121 Å². The highest BCUT2D eigenvalue weighted by molar-refractivity contribution is 5.73. The van der Waals surface area contributed by atoms with E-state index < -0.39 is 17.8 Å². The number of carbonyl (C=O) groups excluding carboxylic acids is 1. The summed E-state index contributed by atoms with van der Waals surface area (Å²) >= 11 is 0. The largest absolute Gasteiger partial charge is 0.416 e. The summed E-state index contributed by atoms with van der Waals surface area (Å²) in [6.45, 7) is 2.18. The van der Waals surface area contributed by atoms with Gasteiger partial charge < -0.3 is 15.3 Å². The van der Waals surface area contributed by atoms with Gasteiger partial charge in [0.05, 0.1) is 11.7 Å². The molecule has 0 aliphatic heterocycles. The van der Waals surface area contributed by atoms with E-state index in [0.717, 1.165) is 12.1 Å². The summed E-state index contributed by atoms with van der Waals surface area (Å²) in [5.74, 6) is 0. The van der Waals surface area contributed by atoms with Crippen LogP contribution in [0.1, 0.15) is 24.5 Å². The van der Waals surface area contributed by atoms with Gasteiger partial charge in [-0.15, -0.1) is 0 Å². The third kappa shape index (κ3) is 6.03. The lowest BCUT2D eigenvalue weighted by Gasteiger charge is -2.18. The van der Waals surface area contributed by atoms with Crippen molar-refractivity contribution >= 4 is 6.03 Å². The molecule has 21 heavy (non-hydrogen) atoms. The predicted octanol–water partition coefficient (Wildman–Crippen LogP) is 2.62. The smallest absolute Gasteiger partial charge is 0.393 e. The van der Waals surface area contributed by atoms with Crippen LogP contribution in [0.5, 0.6) is 0 Å². The number of hydrogen-bond donors (Lipinski definition) is 2. The quantitative estimate of drug-likeness (QED) is 0.878. The van der Waals surface area contributed by atoms with Crippen molar-refractivity contribution in [1.29, 1.82) is 0 Å². The first-order valence-corrected chi connectivity index (χ1v) is 6.53. The number of alkyl halides is 3. The van der Waals surface area contributed by atoms with E-state index in [1.54, 1.807) is 14.0 Å². The number of carbonyl (C=O) groups is 1. The molecule has 7 heteroatoms. The average molecular weight is 304 g/mol. The summed E-state index contributed by atoms with van der Waals surface area (Å²) in [6.07, 6.45) is -4.39. The summed E-state index contributed by atoms with van der Waals surface area (Å²) in [7, 11) is 1.59. The van der Waals surface area contributed by atoms with Gasteiger partial charge in [-0.25, -0.2) is 4.79 Å². The van der Waals surface area contributed by atoms with E-state index in [2.05, 4.69) is 5.32 Å². The van der Waals surface area contributed by atoms with E-state index in [-0.39, 0.29) is 12.6 Å². The van der Waals surface area contributed by atoms with Crippen LogP contribution in [0.4, 0.5) is 18.0 Å². The fourth-order valence-corrected chi connectivity index (χ4v) is 1.61. The molecular weight excluding hydrogens is 285 g/mol. The molecule has 4 nitrogen and oxygen atoms in total. The molecule has 1 unspecified atom stereocenters. The topological polar surface area (TPSA) is 52.6 Å². The Bertz CT molecular complexity index is 458. The molecule has 1 atom stereocenters. The molecule has 1 rings (SSSR count). The van der Waals surface area contributed by atoms with Crippen LogP contribution in [0.25, 0.3) is 0 Å². The third-order valence-corrected chi connectivity index (χ3v) is 2.95. The van der Waals surface area contributed by atoms with Gasteiger partial charge in [0.15, 0.2) is 0 Å². The Balaban J connectivity index is 2.46. The van der Waals surface area contributed by atoms with Crippen molar-refractivity contribution in [3.05, 3.63) is 35.4 Å². The molecule has 0 aliphatic rings. The van der Waals surface area contributed by atoms with Gasteiger partial charge in [0.25, 0.3) is 0 Å². The van der Waals surface area contributed by atoms with Gasteiger partial charge >= 0.3 is 12.2 Å². The summed E-state index contributed by atoms with van der Waals surface area (Å²) < 4.78 is 37.2. The zero-order valence-corrected chi connectivity index (χ0v) is 11.9. The lowest BCUT2D eigenvalue weighted by molar-refractivity contribution is -0.137. The molecule has 118 valence electrons. The maximum atomic E-state index is 12.4. The second kappa shape index (κ2) is 7.31. The van der Waals surface area contributed by atoms with Crippen LogP contribution >= 0.6 is 0 Å². The van der Waals surface area contributed by atoms with Gasteiger partial charge in [0.2, 0.25) is 0 Å². The number of nitrogens with zero attached hydrogens (tertiary/aromatic N) is 1. The number of aliphatic hydroxyl groups excluding tert-OH is 1. The number of nitrogens with one attached hydrogen (secondary N) is 1. The number of halogens is 3. The maximum Gasteiger partial charge on any atom is 0.416 e. The molecule has 0 saturated heterocycles. The van der Waals surface area contributed by atoms with Gasteiger partial charge in [-0.05, 0) is 31.0 Å². The number of aliphatic hydroxyl groups is 1. The molecule has 0 fully saturated rings. The molecule has 0 aromatic heterocycles. The predicted molar refractivity (Wildman–Crippen MR) is 72.6 cm³/mol. The SMILES string of the molecule is CC(O)CCN(C)C(=O)NCc1ccc(C(F)(F)F)cc1. The van der Waals surface area contributed by atoms with E-state index in [1.807, 2.05) is 0 Å². The Morgan fingerprint density at radius 3 is 2.38 bits per heavy atom. The summed E-state index contributed by atoms with van der Waals surface area (Å²) in [5, 5.41) is 11.7. The lowest BCUT2D eigenvalue weighted by Crippen LogP contribution is -2.38. The summed E-state index contributed by atoms with van der Waals surface area (Å²) in [5.41, 5.74) is -0.132. The second-order valence-corrected chi connectivity index (χ2v) is 4.91. The molecule has 2 amide bonds. The zero-order valence-electron chi connectivity index (χ0n) is 11.9. The molecule has 0 saturated carbocycles. The average Bonchev–Trinajstić information content (AvgIpc) is 2.41. The molecule has 0 spiro atoms. The number of urea groups is 1. The highest BCUT2D eigenvalue weighted by Gasteiger charge is 2.29. The molecular formula is C14H19F3N2O2. The molecule has 1 aromatic rings. The van der Waals surface area contributed by atoms with Gasteiger partial charge in [-0.3, -0.25) is 0 Å². The standard InChI is InChI=1S/C14H19F3N2O2/c1-10(20)7-8-19(2)13(21)18-9-11-3-5-12(6-4-11)14(15,16)17/h3-6,10,20H,7-9H2,1-2H3,(H,18,21).